The number of para-hydroxylation sites is 1. The number of ketones is 1. The van der Waals surface area contributed by atoms with E-state index in [0.717, 1.165) is 28.4 Å². The quantitative estimate of drug-likeness (QED) is 0.622. The maximum Gasteiger partial charge on any atom is 0.253 e. The number of hydrogen-bond donors (Lipinski definition) is 0. The molecule has 1 aliphatic heterocycles. The van der Waals surface area contributed by atoms with E-state index >= 15 is 0 Å². The van der Waals surface area contributed by atoms with Gasteiger partial charge in [-0.15, -0.1) is 0 Å². The second-order valence-corrected chi connectivity index (χ2v) is 7.91. The second kappa shape index (κ2) is 7.29. The van der Waals surface area contributed by atoms with Gasteiger partial charge in [-0.3, -0.25) is 9.59 Å². The van der Waals surface area contributed by atoms with Crippen LogP contribution in [0.15, 0.2) is 42.5 Å². The van der Waals surface area contributed by atoms with E-state index in [1.165, 1.54) is 6.92 Å². The predicted octanol–water partition coefficient (Wildman–Crippen LogP) is 4.11. The van der Waals surface area contributed by atoms with E-state index in [1.54, 1.807) is 35.6 Å². The summed E-state index contributed by atoms with van der Waals surface area (Å²) in [4.78, 5) is 32.8. The molecule has 1 amide bonds. The first-order chi connectivity index (χ1) is 13.0. The molecule has 1 aromatic heterocycles. The van der Waals surface area contributed by atoms with Gasteiger partial charge in [-0.2, -0.15) is 0 Å². The van der Waals surface area contributed by atoms with E-state index in [-0.39, 0.29) is 11.7 Å². The maximum absolute atomic E-state index is 12.7. The van der Waals surface area contributed by atoms with Gasteiger partial charge in [0, 0.05) is 37.3 Å². The van der Waals surface area contributed by atoms with Crippen molar-refractivity contribution in [2.75, 3.05) is 31.1 Å². The molecule has 27 heavy (non-hydrogen) atoms. The van der Waals surface area contributed by atoms with Gasteiger partial charge in [0.2, 0.25) is 0 Å². The largest absolute Gasteiger partial charge is 0.345 e. The number of carbonyl (C=O) groups excluding carboxylic acids is 2. The summed E-state index contributed by atoms with van der Waals surface area (Å²) in [6.45, 7) is 4.25. The number of piperazine rings is 1. The van der Waals surface area contributed by atoms with Crippen LogP contribution in [-0.4, -0.2) is 47.8 Å². The van der Waals surface area contributed by atoms with Crippen LogP contribution < -0.4 is 4.90 Å². The summed E-state index contributed by atoms with van der Waals surface area (Å²) < 4.78 is 1.07. The molecule has 1 aliphatic rings. The van der Waals surface area contributed by atoms with Crippen LogP contribution in [-0.2, 0) is 0 Å². The van der Waals surface area contributed by atoms with Crippen LogP contribution in [0, 0.1) is 0 Å². The molecule has 0 unspecified atom stereocenters. The molecule has 0 aliphatic carbocycles. The van der Waals surface area contributed by atoms with Gasteiger partial charge in [-0.05, 0) is 31.2 Å². The SMILES string of the molecule is CC(=O)c1ccc(C(=O)N2CCN(c3nc4c(Cl)cccc4s3)CC2)cc1. The van der Waals surface area contributed by atoms with Crippen molar-refractivity contribution in [3.8, 4) is 0 Å². The number of halogens is 1. The number of anilines is 1. The zero-order chi connectivity index (χ0) is 19.0. The Bertz CT molecular complexity index is 1010. The topological polar surface area (TPSA) is 53.5 Å². The number of fused-ring (bicyclic) bond motifs is 1. The Morgan fingerprint density at radius 2 is 1.67 bits per heavy atom. The normalized spacial score (nSPS) is 14.6. The van der Waals surface area contributed by atoms with Gasteiger partial charge in [0.05, 0.1) is 9.72 Å². The van der Waals surface area contributed by atoms with Crippen molar-refractivity contribution in [2.24, 2.45) is 0 Å². The Morgan fingerprint density at radius 3 is 2.30 bits per heavy atom. The fourth-order valence-corrected chi connectivity index (χ4v) is 4.49. The molecular weight excluding hydrogens is 382 g/mol. The van der Waals surface area contributed by atoms with Crippen LogP contribution in [0.1, 0.15) is 27.6 Å². The molecule has 0 N–H and O–H groups in total. The first-order valence-corrected chi connectivity index (χ1v) is 9.92. The van der Waals surface area contributed by atoms with Crippen molar-refractivity contribution in [1.82, 2.24) is 9.88 Å². The molecule has 5 nitrogen and oxygen atoms in total. The highest BCUT2D eigenvalue weighted by Crippen LogP contribution is 2.33. The third-order valence-corrected chi connectivity index (χ3v) is 6.12. The molecule has 0 atom stereocenters. The minimum Gasteiger partial charge on any atom is -0.345 e. The average molecular weight is 400 g/mol. The molecule has 2 aromatic carbocycles. The van der Waals surface area contributed by atoms with E-state index < -0.39 is 0 Å². The van der Waals surface area contributed by atoms with E-state index in [4.69, 9.17) is 11.6 Å². The van der Waals surface area contributed by atoms with Crippen LogP contribution in [0.2, 0.25) is 5.02 Å². The molecule has 138 valence electrons. The fourth-order valence-electron chi connectivity index (χ4n) is 3.17. The number of benzene rings is 2. The molecular formula is C20H18ClN3O2S. The van der Waals surface area contributed by atoms with Gasteiger partial charge >= 0.3 is 0 Å². The van der Waals surface area contributed by atoms with Gasteiger partial charge < -0.3 is 9.80 Å². The molecule has 2 heterocycles. The van der Waals surface area contributed by atoms with Crippen LogP contribution >= 0.6 is 22.9 Å². The van der Waals surface area contributed by atoms with E-state index in [9.17, 15) is 9.59 Å². The fraction of sp³-hybridized carbons (Fsp3) is 0.250. The molecule has 0 saturated carbocycles. The summed E-state index contributed by atoms with van der Waals surface area (Å²) >= 11 is 7.85. The van der Waals surface area contributed by atoms with Crippen molar-refractivity contribution in [3.63, 3.8) is 0 Å². The van der Waals surface area contributed by atoms with Gasteiger partial charge in [0.1, 0.15) is 5.52 Å². The average Bonchev–Trinajstić information content (AvgIpc) is 3.13. The molecule has 4 rings (SSSR count). The van der Waals surface area contributed by atoms with Gasteiger partial charge in [0.25, 0.3) is 5.91 Å². The summed E-state index contributed by atoms with van der Waals surface area (Å²) in [5, 5.41) is 1.61. The van der Waals surface area contributed by atoms with Gasteiger partial charge in [-0.25, -0.2) is 4.98 Å². The third-order valence-electron chi connectivity index (χ3n) is 4.73. The lowest BCUT2D eigenvalue weighted by Gasteiger charge is -2.34. The smallest absolute Gasteiger partial charge is 0.253 e. The molecule has 0 bridgehead atoms. The number of hydrogen-bond acceptors (Lipinski definition) is 5. The summed E-state index contributed by atoms with van der Waals surface area (Å²) in [6.07, 6.45) is 0. The number of carbonyl (C=O) groups is 2. The highest BCUT2D eigenvalue weighted by molar-refractivity contribution is 7.22. The summed E-state index contributed by atoms with van der Waals surface area (Å²) in [5.74, 6) is -0.00403. The summed E-state index contributed by atoms with van der Waals surface area (Å²) in [7, 11) is 0. The van der Waals surface area contributed by atoms with Crippen LogP contribution in [0.4, 0.5) is 5.13 Å². The number of rotatable bonds is 3. The second-order valence-electron chi connectivity index (χ2n) is 6.50. The third kappa shape index (κ3) is 3.55. The zero-order valence-corrected chi connectivity index (χ0v) is 16.4. The molecule has 1 fully saturated rings. The van der Waals surface area contributed by atoms with Crippen LogP contribution in [0.25, 0.3) is 10.2 Å². The van der Waals surface area contributed by atoms with E-state index in [1.807, 2.05) is 23.1 Å². The highest BCUT2D eigenvalue weighted by atomic mass is 35.5. The molecule has 1 saturated heterocycles. The maximum atomic E-state index is 12.7. The monoisotopic (exact) mass is 399 g/mol. The molecule has 7 heteroatoms. The number of Topliss-reactive ketones (excluding diaryl/α,β-unsaturated/α-hetero) is 1. The van der Waals surface area contributed by atoms with Crippen LogP contribution in [0.3, 0.4) is 0 Å². The number of aromatic nitrogens is 1. The first-order valence-electron chi connectivity index (χ1n) is 8.73. The Morgan fingerprint density at radius 1 is 1.00 bits per heavy atom. The summed E-state index contributed by atoms with van der Waals surface area (Å²) in [6, 6.07) is 12.7. The Balaban J connectivity index is 1.44. The Kier molecular flexibility index (Phi) is 4.85. The lowest BCUT2D eigenvalue weighted by Crippen LogP contribution is -2.48. The number of amides is 1. The Labute approximate surface area is 166 Å². The van der Waals surface area contributed by atoms with E-state index in [0.29, 0.717) is 29.2 Å². The van der Waals surface area contributed by atoms with Crippen molar-refractivity contribution in [2.45, 2.75) is 6.92 Å². The van der Waals surface area contributed by atoms with Gasteiger partial charge in [0.15, 0.2) is 10.9 Å². The minimum atomic E-state index is -0.00269. The minimum absolute atomic E-state index is 0.00134. The lowest BCUT2D eigenvalue weighted by molar-refractivity contribution is 0.0746. The number of nitrogens with zero attached hydrogens (tertiary/aromatic N) is 3. The lowest BCUT2D eigenvalue weighted by atomic mass is 10.1. The highest BCUT2D eigenvalue weighted by Gasteiger charge is 2.24. The number of thiazole rings is 1. The Hall–Kier alpha value is -2.44. The van der Waals surface area contributed by atoms with Crippen molar-refractivity contribution >= 4 is 50.0 Å². The van der Waals surface area contributed by atoms with Crippen LogP contribution in [0.5, 0.6) is 0 Å². The molecule has 3 aromatic rings. The van der Waals surface area contributed by atoms with Gasteiger partial charge in [-0.1, -0.05) is 41.1 Å². The van der Waals surface area contributed by atoms with Crippen molar-refractivity contribution in [1.29, 1.82) is 0 Å². The van der Waals surface area contributed by atoms with Crippen molar-refractivity contribution in [3.05, 3.63) is 58.6 Å². The first kappa shape index (κ1) is 17.9. The molecule has 0 radical (unpaired) electrons. The predicted molar refractivity (Wildman–Crippen MR) is 109 cm³/mol. The van der Waals surface area contributed by atoms with E-state index in [2.05, 4.69) is 9.88 Å². The standard InChI is InChI=1S/C20H18ClN3O2S/c1-13(25)14-5-7-15(8-6-14)19(26)23-9-11-24(12-10-23)20-22-18-16(21)3-2-4-17(18)27-20/h2-8H,9-12H2,1H3. The van der Waals surface area contributed by atoms with Crippen molar-refractivity contribution < 1.29 is 9.59 Å². The summed E-state index contributed by atoms with van der Waals surface area (Å²) in [5.41, 5.74) is 2.06. The molecule has 0 spiro atoms. The zero-order valence-electron chi connectivity index (χ0n) is 14.8.